The second-order valence-electron chi connectivity index (χ2n) is 3.07. The molecule has 0 saturated carbocycles. The molecule has 1 unspecified atom stereocenters. The molecule has 0 aliphatic rings. The first-order chi connectivity index (χ1) is 7.07. The van der Waals surface area contributed by atoms with Crippen molar-refractivity contribution in [1.82, 2.24) is 0 Å². The lowest BCUT2D eigenvalue weighted by atomic mass is 10.3. The number of halogens is 1. The van der Waals surface area contributed by atoms with Gasteiger partial charge in [-0.15, -0.1) is 0 Å². The molecule has 0 heterocycles. The first-order valence-corrected chi connectivity index (χ1v) is 6.27. The van der Waals surface area contributed by atoms with Gasteiger partial charge in [0.1, 0.15) is 6.61 Å². The van der Waals surface area contributed by atoms with E-state index >= 15 is 0 Å². The molecule has 0 aliphatic heterocycles. The molecule has 0 saturated heterocycles. The van der Waals surface area contributed by atoms with Crippen molar-refractivity contribution >= 4 is 16.8 Å². The van der Waals surface area contributed by atoms with Crippen LogP contribution in [0.2, 0.25) is 0 Å². The molecule has 0 N–H and O–H groups in total. The molecule has 0 aliphatic carbocycles. The van der Waals surface area contributed by atoms with E-state index < -0.39 is 21.9 Å². The predicted octanol–water partition coefficient (Wildman–Crippen LogP) is 2.30. The van der Waals surface area contributed by atoms with E-state index in [2.05, 4.69) is 4.74 Å². The number of hydrogen-bond acceptors (Lipinski definition) is 3. The maximum absolute atomic E-state index is 13.0. The molecule has 0 rings (SSSR count). The van der Waals surface area contributed by atoms with E-state index in [1.807, 2.05) is 6.92 Å². The Kier molecular flexibility index (Phi) is 8.18. The van der Waals surface area contributed by atoms with E-state index in [1.54, 1.807) is 0 Å². The van der Waals surface area contributed by atoms with Crippen LogP contribution in [0.4, 0.5) is 4.39 Å². The highest BCUT2D eigenvalue weighted by molar-refractivity contribution is 7.88. The number of carbonyl (C=O) groups is 1. The Morgan fingerprint density at radius 1 is 1.47 bits per heavy atom. The lowest BCUT2D eigenvalue weighted by molar-refractivity contribution is -0.139. The molecule has 0 fully saturated rings. The molecule has 0 aromatic rings. The summed E-state index contributed by atoms with van der Waals surface area (Å²) in [7, 11) is -1.58. The fraction of sp³-hybridized carbons (Fsp3) is 0.700. The molecular formula is C10H17FO3S. The predicted molar refractivity (Wildman–Crippen MR) is 58.4 cm³/mol. The minimum Gasteiger partial charge on any atom is -0.462 e. The highest BCUT2D eigenvalue weighted by Crippen LogP contribution is 2.07. The van der Waals surface area contributed by atoms with Crippen molar-refractivity contribution in [3.05, 3.63) is 11.2 Å². The Hall–Kier alpha value is -0.710. The molecule has 88 valence electrons. The van der Waals surface area contributed by atoms with Crippen LogP contribution in [0.1, 0.15) is 33.1 Å². The van der Waals surface area contributed by atoms with Gasteiger partial charge < -0.3 is 4.74 Å². The first kappa shape index (κ1) is 14.3. The van der Waals surface area contributed by atoms with E-state index in [0.29, 0.717) is 5.75 Å². The lowest BCUT2D eigenvalue weighted by Crippen LogP contribution is -2.01. The summed E-state index contributed by atoms with van der Waals surface area (Å²) >= 11 is 0. The Labute approximate surface area is 92.1 Å². The zero-order chi connectivity index (χ0) is 11.7. The summed E-state index contributed by atoms with van der Waals surface area (Å²) in [4.78, 5) is 10.4. The van der Waals surface area contributed by atoms with E-state index in [1.165, 1.54) is 6.92 Å². The Morgan fingerprint density at radius 3 is 2.67 bits per heavy atom. The van der Waals surface area contributed by atoms with Crippen molar-refractivity contribution in [1.29, 1.82) is 0 Å². The number of unbranched alkanes of at least 4 members (excludes halogenated alkanes) is 2. The number of ether oxygens (including phenoxy) is 1. The third kappa shape index (κ3) is 8.30. The van der Waals surface area contributed by atoms with Gasteiger partial charge >= 0.3 is 5.97 Å². The number of hydrogen-bond donors (Lipinski definition) is 0. The molecule has 5 heteroatoms. The monoisotopic (exact) mass is 236 g/mol. The zero-order valence-electron chi connectivity index (χ0n) is 9.12. The smallest absolute Gasteiger partial charge is 0.302 e. The molecule has 0 aromatic carbocycles. The molecule has 0 amide bonds. The highest BCUT2D eigenvalue weighted by atomic mass is 32.2. The van der Waals surface area contributed by atoms with Crippen molar-refractivity contribution in [3.8, 4) is 0 Å². The Morgan fingerprint density at radius 2 is 2.13 bits per heavy atom. The van der Waals surface area contributed by atoms with Gasteiger partial charge in [0.2, 0.25) is 0 Å². The quantitative estimate of drug-likeness (QED) is 0.503. The summed E-state index contributed by atoms with van der Waals surface area (Å²) < 4.78 is 28.8. The largest absolute Gasteiger partial charge is 0.462 e. The van der Waals surface area contributed by atoms with E-state index in [0.717, 1.165) is 25.3 Å². The van der Waals surface area contributed by atoms with Crippen LogP contribution in [0.5, 0.6) is 0 Å². The van der Waals surface area contributed by atoms with Gasteiger partial charge in [-0.05, 0) is 12.5 Å². The third-order valence-corrected chi connectivity index (χ3v) is 2.94. The van der Waals surface area contributed by atoms with Crippen molar-refractivity contribution < 1.29 is 18.1 Å². The maximum atomic E-state index is 13.0. The summed E-state index contributed by atoms with van der Waals surface area (Å²) in [5.74, 6) is -0.146. The molecule has 0 bridgehead atoms. The average Bonchev–Trinajstić information content (AvgIpc) is 2.17. The van der Waals surface area contributed by atoms with Crippen LogP contribution in [0, 0.1) is 0 Å². The van der Waals surface area contributed by atoms with Crippen LogP contribution in [0.25, 0.3) is 0 Å². The van der Waals surface area contributed by atoms with Gasteiger partial charge in [0, 0.05) is 12.7 Å². The average molecular weight is 236 g/mol. The summed E-state index contributed by atoms with van der Waals surface area (Å²) in [6, 6.07) is 0. The van der Waals surface area contributed by atoms with Crippen LogP contribution < -0.4 is 0 Å². The molecule has 3 nitrogen and oxygen atoms in total. The summed E-state index contributed by atoms with van der Waals surface area (Å²) in [5, 5.41) is -0.702. The second-order valence-corrected chi connectivity index (χ2v) is 4.56. The summed E-state index contributed by atoms with van der Waals surface area (Å²) in [6.07, 6.45) is 3.75. The van der Waals surface area contributed by atoms with Gasteiger partial charge in [-0.2, -0.15) is 4.39 Å². The van der Waals surface area contributed by atoms with Crippen molar-refractivity contribution in [3.63, 3.8) is 0 Å². The molecule has 0 aromatic heterocycles. The zero-order valence-corrected chi connectivity index (χ0v) is 9.94. The number of carbonyl (C=O) groups excluding carboxylic acids is 1. The molecule has 15 heavy (non-hydrogen) atoms. The SMILES string of the molecule is CCCCCS(=O)C(F)=CCOC(C)=O. The molecular weight excluding hydrogens is 219 g/mol. The van der Waals surface area contributed by atoms with Crippen molar-refractivity contribution in [2.45, 2.75) is 33.1 Å². The van der Waals surface area contributed by atoms with E-state index in [4.69, 9.17) is 0 Å². The van der Waals surface area contributed by atoms with E-state index in [9.17, 15) is 13.4 Å². The van der Waals surface area contributed by atoms with Gasteiger partial charge in [0.25, 0.3) is 0 Å². The van der Waals surface area contributed by atoms with Gasteiger partial charge in [-0.25, -0.2) is 0 Å². The number of esters is 1. The maximum Gasteiger partial charge on any atom is 0.302 e. The van der Waals surface area contributed by atoms with Crippen molar-refractivity contribution in [2.24, 2.45) is 0 Å². The van der Waals surface area contributed by atoms with Crippen LogP contribution >= 0.6 is 0 Å². The fourth-order valence-electron chi connectivity index (χ4n) is 0.898. The fourth-order valence-corrected chi connectivity index (χ4v) is 1.81. The van der Waals surface area contributed by atoms with Crippen LogP contribution in [-0.2, 0) is 20.3 Å². The van der Waals surface area contributed by atoms with Crippen LogP contribution in [-0.4, -0.2) is 22.5 Å². The van der Waals surface area contributed by atoms with Gasteiger partial charge in [0.05, 0.1) is 10.8 Å². The van der Waals surface area contributed by atoms with Gasteiger partial charge in [-0.1, -0.05) is 19.8 Å². The minimum atomic E-state index is -1.58. The highest BCUT2D eigenvalue weighted by Gasteiger charge is 2.05. The minimum absolute atomic E-state index is 0.152. The summed E-state index contributed by atoms with van der Waals surface area (Å²) in [5.41, 5.74) is 0. The molecule has 1 atom stereocenters. The Balaban J connectivity index is 3.80. The standard InChI is InChI=1S/C10H17FO3S/c1-3-4-5-8-15(13)10(11)6-7-14-9(2)12/h6H,3-5,7-8H2,1-2H3. The van der Waals surface area contributed by atoms with Crippen LogP contribution in [0.3, 0.4) is 0 Å². The molecule has 0 radical (unpaired) electrons. The number of rotatable bonds is 7. The molecule has 0 spiro atoms. The van der Waals surface area contributed by atoms with E-state index in [-0.39, 0.29) is 6.61 Å². The van der Waals surface area contributed by atoms with Crippen molar-refractivity contribution in [2.75, 3.05) is 12.4 Å². The normalized spacial score (nSPS) is 13.7. The Bertz CT molecular complexity index is 251. The first-order valence-electron chi connectivity index (χ1n) is 4.95. The lowest BCUT2D eigenvalue weighted by Gasteiger charge is -1.99. The third-order valence-electron chi connectivity index (χ3n) is 1.68. The van der Waals surface area contributed by atoms with Gasteiger partial charge in [0.15, 0.2) is 5.16 Å². The summed E-state index contributed by atoms with van der Waals surface area (Å²) in [6.45, 7) is 3.11. The van der Waals surface area contributed by atoms with Crippen LogP contribution in [0.15, 0.2) is 11.2 Å². The topological polar surface area (TPSA) is 43.4 Å². The second kappa shape index (κ2) is 8.59. The van der Waals surface area contributed by atoms with Gasteiger partial charge in [-0.3, -0.25) is 9.00 Å².